The lowest BCUT2D eigenvalue weighted by molar-refractivity contribution is -0.115. The zero-order valence-corrected chi connectivity index (χ0v) is 6.51. The highest BCUT2D eigenvalue weighted by molar-refractivity contribution is 5.90. The Balaban J connectivity index is 2.42. The van der Waals surface area contributed by atoms with E-state index in [0.717, 1.165) is 18.6 Å². The van der Waals surface area contributed by atoms with Crippen molar-refractivity contribution in [3.8, 4) is 0 Å². The van der Waals surface area contributed by atoms with E-state index < -0.39 is 0 Å². The molecule has 0 bridgehead atoms. The number of carbonyl (C=O) groups excluding carboxylic acids is 1. The molecule has 0 saturated carbocycles. The Hall–Kier alpha value is -1.05. The zero-order valence-electron chi connectivity index (χ0n) is 6.51. The molecule has 0 spiro atoms. The van der Waals surface area contributed by atoms with Crippen molar-refractivity contribution in [1.29, 1.82) is 0 Å². The highest BCUT2D eigenvalue weighted by Crippen LogP contribution is 2.15. The number of ketones is 1. The minimum absolute atomic E-state index is 0.176. The summed E-state index contributed by atoms with van der Waals surface area (Å²) in [6.07, 6.45) is 5.75. The van der Waals surface area contributed by atoms with Gasteiger partial charge >= 0.3 is 0 Å². The minimum atomic E-state index is 0.176. The molecule has 0 fully saturated rings. The number of hydrogen-bond donors (Lipinski definition) is 0. The van der Waals surface area contributed by atoms with Crippen LogP contribution >= 0.6 is 0 Å². The van der Waals surface area contributed by atoms with Crippen LogP contribution in [0.2, 0.25) is 0 Å². The fourth-order valence-corrected chi connectivity index (χ4v) is 1.04. The molecule has 0 saturated heterocycles. The van der Waals surface area contributed by atoms with Crippen LogP contribution in [0.1, 0.15) is 19.3 Å². The van der Waals surface area contributed by atoms with E-state index in [4.69, 9.17) is 4.74 Å². The standard InChI is InChI=1S/C9H12O2/c1-2-6-11-9-5-3-4-8(10)7-9/h2,7H,1,3-6H2. The van der Waals surface area contributed by atoms with Gasteiger partial charge in [-0.2, -0.15) is 0 Å². The molecular formula is C9H12O2. The van der Waals surface area contributed by atoms with Gasteiger partial charge in [0.2, 0.25) is 0 Å². The highest BCUT2D eigenvalue weighted by atomic mass is 16.5. The normalized spacial score (nSPS) is 17.5. The molecule has 0 heterocycles. The van der Waals surface area contributed by atoms with Crippen LogP contribution in [0.15, 0.2) is 24.5 Å². The molecule has 11 heavy (non-hydrogen) atoms. The van der Waals surface area contributed by atoms with Gasteiger partial charge in [0.15, 0.2) is 5.78 Å². The first-order valence-corrected chi connectivity index (χ1v) is 3.80. The summed E-state index contributed by atoms with van der Waals surface area (Å²) in [5.74, 6) is 0.983. The van der Waals surface area contributed by atoms with Gasteiger partial charge in [-0.05, 0) is 6.42 Å². The van der Waals surface area contributed by atoms with E-state index in [2.05, 4.69) is 6.58 Å². The molecule has 0 amide bonds. The quantitative estimate of drug-likeness (QED) is 0.576. The van der Waals surface area contributed by atoms with Crippen LogP contribution < -0.4 is 0 Å². The zero-order chi connectivity index (χ0) is 8.10. The van der Waals surface area contributed by atoms with Crippen molar-refractivity contribution in [1.82, 2.24) is 0 Å². The minimum Gasteiger partial charge on any atom is -0.494 e. The molecular weight excluding hydrogens is 140 g/mol. The molecule has 1 rings (SSSR count). The van der Waals surface area contributed by atoms with E-state index in [1.165, 1.54) is 0 Å². The van der Waals surface area contributed by atoms with Gasteiger partial charge in [-0.15, -0.1) is 0 Å². The third kappa shape index (κ3) is 2.58. The van der Waals surface area contributed by atoms with Crippen LogP contribution in [0.4, 0.5) is 0 Å². The summed E-state index contributed by atoms with van der Waals surface area (Å²) in [5.41, 5.74) is 0. The SMILES string of the molecule is C=CCOC1=CC(=O)CCC1. The molecule has 2 nitrogen and oxygen atoms in total. The Morgan fingerprint density at radius 3 is 3.09 bits per heavy atom. The average molecular weight is 152 g/mol. The lowest BCUT2D eigenvalue weighted by Gasteiger charge is -2.11. The van der Waals surface area contributed by atoms with Crippen molar-refractivity contribution >= 4 is 5.78 Å². The molecule has 0 N–H and O–H groups in total. The van der Waals surface area contributed by atoms with E-state index in [-0.39, 0.29) is 5.78 Å². The number of rotatable bonds is 3. The van der Waals surface area contributed by atoms with Gasteiger partial charge in [0.1, 0.15) is 6.61 Å². The van der Waals surface area contributed by atoms with Crippen LogP contribution in [0.25, 0.3) is 0 Å². The molecule has 1 aliphatic carbocycles. The second-order valence-corrected chi connectivity index (χ2v) is 2.53. The second-order valence-electron chi connectivity index (χ2n) is 2.53. The van der Waals surface area contributed by atoms with E-state index in [1.54, 1.807) is 12.2 Å². The lowest BCUT2D eigenvalue weighted by Crippen LogP contribution is -2.05. The monoisotopic (exact) mass is 152 g/mol. The van der Waals surface area contributed by atoms with E-state index in [1.807, 2.05) is 0 Å². The second kappa shape index (κ2) is 3.96. The third-order valence-electron chi connectivity index (χ3n) is 1.55. The van der Waals surface area contributed by atoms with Crippen molar-refractivity contribution in [3.63, 3.8) is 0 Å². The predicted octanol–water partition coefficient (Wildman–Crippen LogP) is 1.83. The van der Waals surface area contributed by atoms with Crippen molar-refractivity contribution < 1.29 is 9.53 Å². The lowest BCUT2D eigenvalue weighted by atomic mass is 10.1. The van der Waals surface area contributed by atoms with E-state index in [9.17, 15) is 4.79 Å². The van der Waals surface area contributed by atoms with Crippen LogP contribution in [-0.2, 0) is 9.53 Å². The fraction of sp³-hybridized carbons (Fsp3) is 0.444. The van der Waals surface area contributed by atoms with Gasteiger partial charge in [0.05, 0.1) is 5.76 Å². The van der Waals surface area contributed by atoms with E-state index in [0.29, 0.717) is 13.0 Å². The average Bonchev–Trinajstić information content (AvgIpc) is 2.01. The first-order chi connectivity index (χ1) is 5.33. The van der Waals surface area contributed by atoms with E-state index >= 15 is 0 Å². The topological polar surface area (TPSA) is 26.3 Å². The fourth-order valence-electron chi connectivity index (χ4n) is 1.04. The molecule has 0 aromatic carbocycles. The highest BCUT2D eigenvalue weighted by Gasteiger charge is 2.09. The molecule has 0 unspecified atom stereocenters. The molecule has 60 valence electrons. The van der Waals surface area contributed by atoms with Gasteiger partial charge in [-0.25, -0.2) is 0 Å². The number of ether oxygens (including phenoxy) is 1. The predicted molar refractivity (Wildman–Crippen MR) is 43.1 cm³/mol. The van der Waals surface area contributed by atoms with Gasteiger partial charge in [0, 0.05) is 18.9 Å². The summed E-state index contributed by atoms with van der Waals surface area (Å²) >= 11 is 0. The molecule has 0 radical (unpaired) electrons. The summed E-state index contributed by atoms with van der Waals surface area (Å²) in [6.45, 7) is 4.03. The Labute approximate surface area is 66.5 Å². The van der Waals surface area contributed by atoms with Gasteiger partial charge < -0.3 is 4.74 Å². The molecule has 0 aromatic heterocycles. The Morgan fingerprint density at radius 2 is 2.45 bits per heavy atom. The van der Waals surface area contributed by atoms with Gasteiger partial charge in [-0.3, -0.25) is 4.79 Å². The van der Waals surface area contributed by atoms with Crippen molar-refractivity contribution in [3.05, 3.63) is 24.5 Å². The summed E-state index contributed by atoms with van der Waals surface area (Å²) in [5, 5.41) is 0. The maximum absolute atomic E-state index is 10.9. The van der Waals surface area contributed by atoms with Crippen LogP contribution in [0.3, 0.4) is 0 Å². The molecule has 2 heteroatoms. The first-order valence-electron chi connectivity index (χ1n) is 3.80. The van der Waals surface area contributed by atoms with Gasteiger partial charge in [-0.1, -0.05) is 12.7 Å². The van der Waals surface area contributed by atoms with Crippen molar-refractivity contribution in [2.45, 2.75) is 19.3 Å². The summed E-state index contributed by atoms with van der Waals surface area (Å²) in [6, 6.07) is 0. The van der Waals surface area contributed by atoms with Crippen molar-refractivity contribution in [2.24, 2.45) is 0 Å². The largest absolute Gasteiger partial charge is 0.494 e. The number of hydrogen-bond acceptors (Lipinski definition) is 2. The molecule has 1 aliphatic rings. The molecule has 0 atom stereocenters. The smallest absolute Gasteiger partial charge is 0.159 e. The Kier molecular flexibility index (Phi) is 2.90. The summed E-state index contributed by atoms with van der Waals surface area (Å²) in [4.78, 5) is 10.9. The molecule has 0 aromatic rings. The number of allylic oxidation sites excluding steroid dienone is 2. The molecule has 0 aliphatic heterocycles. The van der Waals surface area contributed by atoms with Crippen LogP contribution in [0.5, 0.6) is 0 Å². The maximum atomic E-state index is 10.9. The maximum Gasteiger partial charge on any atom is 0.159 e. The third-order valence-corrected chi connectivity index (χ3v) is 1.55. The van der Waals surface area contributed by atoms with Crippen LogP contribution in [0, 0.1) is 0 Å². The Bertz CT molecular complexity index is 192. The number of carbonyl (C=O) groups is 1. The van der Waals surface area contributed by atoms with Crippen molar-refractivity contribution in [2.75, 3.05) is 6.61 Å². The first kappa shape index (κ1) is 8.05. The summed E-state index contributed by atoms with van der Waals surface area (Å²) < 4.78 is 5.22. The summed E-state index contributed by atoms with van der Waals surface area (Å²) in [7, 11) is 0. The van der Waals surface area contributed by atoms with Gasteiger partial charge in [0.25, 0.3) is 0 Å². The Morgan fingerprint density at radius 1 is 1.64 bits per heavy atom. The van der Waals surface area contributed by atoms with Crippen LogP contribution in [-0.4, -0.2) is 12.4 Å².